The summed E-state index contributed by atoms with van der Waals surface area (Å²) < 4.78 is 28.2. The number of aldehydes is 1. The number of aromatic nitrogens is 5. The molecule has 1 aliphatic heterocycles. The maximum absolute atomic E-state index is 14.4. The average molecular weight is 571 g/mol. The number of nitrogens with zero attached hydrogens (tertiary/aromatic N) is 6. The van der Waals surface area contributed by atoms with Gasteiger partial charge in [0.05, 0.1) is 38.0 Å². The molecule has 12 nitrogen and oxygen atoms in total. The first-order chi connectivity index (χ1) is 19.3. The van der Waals surface area contributed by atoms with Crippen LogP contribution < -0.4 is 16.0 Å². The van der Waals surface area contributed by atoms with E-state index in [0.29, 0.717) is 46.0 Å². The van der Waals surface area contributed by atoms with Crippen LogP contribution in [0.3, 0.4) is 0 Å². The Morgan fingerprint density at radius 1 is 1.23 bits per heavy atom. The second-order valence-electron chi connectivity index (χ2n) is 9.36. The number of rotatable bonds is 10. The summed E-state index contributed by atoms with van der Waals surface area (Å²) in [7, 11) is 3.05. The van der Waals surface area contributed by atoms with Gasteiger partial charge in [0.2, 0.25) is 5.91 Å². The van der Waals surface area contributed by atoms with Crippen molar-refractivity contribution in [3.8, 4) is 10.8 Å². The number of carbonyl (C=O) groups is 2. The lowest BCUT2D eigenvalue weighted by Crippen LogP contribution is -2.44. The van der Waals surface area contributed by atoms with Crippen molar-refractivity contribution in [1.82, 2.24) is 29.0 Å². The number of hydrogen-bond acceptors (Lipinski definition) is 9. The van der Waals surface area contributed by atoms with Gasteiger partial charge in [0.15, 0.2) is 0 Å². The lowest BCUT2D eigenvalue weighted by molar-refractivity contribution is -0.129. The van der Waals surface area contributed by atoms with Crippen LogP contribution in [0.1, 0.15) is 36.1 Å². The Labute approximate surface area is 231 Å². The smallest absolute Gasteiger partial charge is 0.332 e. The number of thiophene rings is 1. The third-order valence-corrected chi connectivity index (χ3v) is 8.25. The van der Waals surface area contributed by atoms with Crippen molar-refractivity contribution in [2.75, 3.05) is 27.3 Å². The molecule has 1 fully saturated rings. The summed E-state index contributed by atoms with van der Waals surface area (Å²) in [5, 5.41) is 9.13. The number of aryl methyl sites for hydroxylation is 1. The largest absolute Gasteiger partial charge is 0.496 e. The summed E-state index contributed by atoms with van der Waals surface area (Å²) >= 11 is 1.14. The van der Waals surface area contributed by atoms with Crippen molar-refractivity contribution in [3.63, 3.8) is 0 Å². The molecule has 0 aliphatic carbocycles. The van der Waals surface area contributed by atoms with E-state index in [4.69, 9.17) is 9.47 Å². The highest BCUT2D eigenvalue weighted by molar-refractivity contribution is 7.21. The third kappa shape index (κ3) is 4.73. The Balaban J connectivity index is 1.75. The molecule has 4 heterocycles. The van der Waals surface area contributed by atoms with Crippen LogP contribution >= 0.6 is 11.3 Å². The van der Waals surface area contributed by atoms with Crippen molar-refractivity contribution in [1.29, 1.82) is 0 Å². The highest BCUT2D eigenvalue weighted by Crippen LogP contribution is 2.34. The van der Waals surface area contributed by atoms with Crippen LogP contribution in [0, 0.1) is 12.7 Å². The molecule has 1 saturated heterocycles. The fraction of sp³-hybridized carbons (Fsp3) is 0.385. The molecule has 1 amide bonds. The van der Waals surface area contributed by atoms with Crippen molar-refractivity contribution in [2.45, 2.75) is 38.5 Å². The first-order valence-electron chi connectivity index (χ1n) is 12.6. The van der Waals surface area contributed by atoms with Crippen molar-refractivity contribution in [3.05, 3.63) is 68.4 Å². The maximum atomic E-state index is 14.4. The number of likely N-dealkylation sites (tertiary alicyclic amines) is 1. The molecule has 0 unspecified atom stereocenters. The zero-order valence-corrected chi connectivity index (χ0v) is 22.9. The Kier molecular flexibility index (Phi) is 7.63. The van der Waals surface area contributed by atoms with Gasteiger partial charge in [-0.15, -0.1) is 4.80 Å². The summed E-state index contributed by atoms with van der Waals surface area (Å²) in [6.45, 7) is 1.98. The van der Waals surface area contributed by atoms with Gasteiger partial charge in [-0.3, -0.25) is 14.2 Å². The quantitative estimate of drug-likeness (QED) is 0.209. The van der Waals surface area contributed by atoms with Gasteiger partial charge in [-0.2, -0.15) is 10.2 Å². The summed E-state index contributed by atoms with van der Waals surface area (Å²) in [5.41, 5.74) is -0.417. The van der Waals surface area contributed by atoms with Crippen LogP contribution in [0.2, 0.25) is 0 Å². The molecule has 0 saturated carbocycles. The van der Waals surface area contributed by atoms with E-state index in [1.807, 2.05) is 0 Å². The predicted molar refractivity (Wildman–Crippen MR) is 144 cm³/mol. The fourth-order valence-corrected chi connectivity index (χ4v) is 6.18. The molecule has 3 aromatic heterocycles. The number of ether oxygens (including phenoxy) is 2. The van der Waals surface area contributed by atoms with Gasteiger partial charge in [0.1, 0.15) is 39.8 Å². The second kappa shape index (κ2) is 11.1. The molecule has 2 atom stereocenters. The van der Waals surface area contributed by atoms with Gasteiger partial charge in [-0.25, -0.2) is 13.8 Å². The first kappa shape index (κ1) is 27.4. The van der Waals surface area contributed by atoms with Gasteiger partial charge in [-0.1, -0.05) is 11.3 Å². The zero-order valence-electron chi connectivity index (χ0n) is 22.1. The minimum atomic E-state index is -0.968. The lowest BCUT2D eigenvalue weighted by atomic mass is 10.1. The summed E-state index contributed by atoms with van der Waals surface area (Å²) in [5.74, 6) is -0.551. The minimum Gasteiger partial charge on any atom is -0.496 e. The number of fused-ring (bicyclic) bond motifs is 1. The number of methoxy groups -OCH3 is 1. The Bertz CT molecular complexity index is 1690. The molecule has 40 heavy (non-hydrogen) atoms. The van der Waals surface area contributed by atoms with E-state index in [0.717, 1.165) is 15.9 Å². The Morgan fingerprint density at radius 3 is 2.62 bits per heavy atom. The van der Waals surface area contributed by atoms with E-state index in [1.54, 1.807) is 14.0 Å². The number of benzene rings is 1. The fourth-order valence-electron chi connectivity index (χ4n) is 4.97. The molecular weight excluding hydrogens is 543 g/mol. The van der Waals surface area contributed by atoms with Crippen molar-refractivity contribution >= 4 is 33.7 Å². The lowest BCUT2D eigenvalue weighted by Gasteiger charge is -2.23. The van der Waals surface area contributed by atoms with Gasteiger partial charge in [0, 0.05) is 31.1 Å². The van der Waals surface area contributed by atoms with E-state index in [2.05, 4.69) is 10.2 Å². The molecule has 0 N–H and O–H groups in total. The summed E-state index contributed by atoms with van der Waals surface area (Å²) in [4.78, 5) is 55.1. The number of carbonyl (C=O) groups excluding carboxylic acids is 2. The Hall–Kier alpha value is -4.17. The number of hydrogen-bond donors (Lipinski definition) is 0. The SMILES string of the molecule is COc1ccc(F)cc1[C@H](Cn1c(=O)n([C@@H]2CCN(C)C2=O)c(=O)c2c(C)c(-n3nccn3)sc21)OCCC=O. The standard InChI is InChI=1S/C26H27FN6O6S/c1-15-21-23(36)32(18-7-10-30(2)22(18)35)26(37)31(25(21)40-24(15)33-28-8-9-29-33)14-20(39-12-4-11-34)17-13-16(27)5-6-19(17)38-3/h5-6,8-9,11,13,18,20H,4,7,10,12,14H2,1-3H3/t18-,20+/m1/s1. The van der Waals surface area contributed by atoms with E-state index in [1.165, 1.54) is 52.0 Å². The summed E-state index contributed by atoms with van der Waals surface area (Å²) in [6, 6.07) is 2.97. The van der Waals surface area contributed by atoms with Gasteiger partial charge in [0.25, 0.3) is 5.56 Å². The van der Waals surface area contributed by atoms with Crippen LogP contribution in [0.5, 0.6) is 5.75 Å². The summed E-state index contributed by atoms with van der Waals surface area (Å²) in [6.07, 6.45) is 3.12. The highest BCUT2D eigenvalue weighted by atomic mass is 32.1. The van der Waals surface area contributed by atoms with Crippen LogP contribution in [0.15, 0.2) is 40.2 Å². The molecular formula is C26H27FN6O6S. The van der Waals surface area contributed by atoms with Crippen LogP contribution in [-0.4, -0.2) is 68.5 Å². The normalized spacial score (nSPS) is 16.1. The van der Waals surface area contributed by atoms with Crippen molar-refractivity contribution < 1.29 is 23.5 Å². The van der Waals surface area contributed by atoms with E-state index >= 15 is 0 Å². The molecule has 210 valence electrons. The van der Waals surface area contributed by atoms with Gasteiger partial charge in [-0.05, 0) is 31.5 Å². The van der Waals surface area contributed by atoms with E-state index in [9.17, 15) is 23.6 Å². The van der Waals surface area contributed by atoms with E-state index < -0.39 is 29.2 Å². The molecule has 14 heteroatoms. The van der Waals surface area contributed by atoms with E-state index in [-0.39, 0.29) is 30.9 Å². The molecule has 0 spiro atoms. The second-order valence-corrected chi connectivity index (χ2v) is 10.3. The molecule has 0 radical (unpaired) electrons. The third-order valence-electron chi connectivity index (χ3n) is 6.97. The van der Waals surface area contributed by atoms with Gasteiger partial charge < -0.3 is 19.2 Å². The van der Waals surface area contributed by atoms with Crippen molar-refractivity contribution in [2.24, 2.45) is 0 Å². The van der Waals surface area contributed by atoms with Crippen LogP contribution in [0.25, 0.3) is 15.2 Å². The van der Waals surface area contributed by atoms with Gasteiger partial charge >= 0.3 is 5.69 Å². The average Bonchev–Trinajstić information content (AvgIpc) is 3.66. The molecule has 1 aliphatic rings. The number of halogens is 1. The predicted octanol–water partition coefficient (Wildman–Crippen LogP) is 2.01. The highest BCUT2D eigenvalue weighted by Gasteiger charge is 2.35. The van der Waals surface area contributed by atoms with Crippen LogP contribution in [-0.2, 0) is 20.9 Å². The van der Waals surface area contributed by atoms with Crippen LogP contribution in [0.4, 0.5) is 4.39 Å². The first-order valence-corrected chi connectivity index (χ1v) is 13.4. The molecule has 4 aromatic rings. The zero-order chi connectivity index (χ0) is 28.6. The maximum Gasteiger partial charge on any atom is 0.332 e. The Morgan fingerprint density at radius 2 is 1.98 bits per heavy atom. The topological polar surface area (TPSA) is 131 Å². The molecule has 1 aromatic carbocycles. The monoisotopic (exact) mass is 570 g/mol. The number of amides is 1. The molecule has 0 bridgehead atoms. The molecule has 5 rings (SSSR count). The number of likely N-dealkylation sites (N-methyl/N-ethyl adjacent to an activating group) is 1. The minimum absolute atomic E-state index is 0.00317.